The smallest absolute Gasteiger partial charge is 0.261 e. The lowest BCUT2D eigenvalue weighted by atomic mass is 10.0. The van der Waals surface area contributed by atoms with E-state index in [0.29, 0.717) is 22.8 Å². The molecule has 4 rings (SSSR count). The average molecular weight is 455 g/mol. The third kappa shape index (κ3) is 4.45. The number of fused-ring (bicyclic) bond motifs is 1. The molecule has 0 aromatic heterocycles. The van der Waals surface area contributed by atoms with Crippen LogP contribution >= 0.6 is 11.6 Å². The molecular weight excluding hydrogens is 432 g/mol. The molecule has 7 heteroatoms. The van der Waals surface area contributed by atoms with Crippen LogP contribution in [0.3, 0.4) is 0 Å². The molecule has 0 bridgehead atoms. The van der Waals surface area contributed by atoms with Crippen molar-refractivity contribution < 1.29 is 13.2 Å². The molecule has 31 heavy (non-hydrogen) atoms. The van der Waals surface area contributed by atoms with Crippen LogP contribution in [0.4, 0.5) is 11.4 Å². The fraction of sp³-hybridized carbons (Fsp3) is 0.208. The van der Waals surface area contributed by atoms with Crippen LogP contribution in [0.2, 0.25) is 5.02 Å². The molecule has 1 N–H and O–H groups in total. The molecule has 1 amide bonds. The van der Waals surface area contributed by atoms with Gasteiger partial charge in [0.25, 0.3) is 15.9 Å². The minimum Gasteiger partial charge on any atom is -0.308 e. The molecule has 0 atom stereocenters. The highest BCUT2D eigenvalue weighted by Crippen LogP contribution is 2.31. The van der Waals surface area contributed by atoms with E-state index >= 15 is 0 Å². The standard InChI is InChI=1S/C24H23ClN2O3S/c1-16-5-7-18(8-6-16)24(28)27-13-3-4-19-15-21(10-12-23(19)27)31(29,30)26-22-11-9-20(25)14-17(22)2/h5-12,14-15,26H,3-4,13H2,1-2H3. The lowest BCUT2D eigenvalue weighted by Gasteiger charge is -2.30. The first-order chi connectivity index (χ1) is 14.7. The number of rotatable bonds is 4. The number of nitrogens with zero attached hydrogens (tertiary/aromatic N) is 1. The molecular formula is C24H23ClN2O3S. The molecule has 1 aliphatic rings. The summed E-state index contributed by atoms with van der Waals surface area (Å²) in [5.74, 6) is -0.0773. The van der Waals surface area contributed by atoms with E-state index in [9.17, 15) is 13.2 Å². The monoisotopic (exact) mass is 454 g/mol. The predicted molar refractivity (Wildman–Crippen MR) is 125 cm³/mol. The first-order valence-corrected chi connectivity index (χ1v) is 11.9. The molecule has 3 aromatic carbocycles. The van der Waals surface area contributed by atoms with Crippen LogP contribution in [0.25, 0.3) is 0 Å². The van der Waals surface area contributed by atoms with Crippen LogP contribution < -0.4 is 9.62 Å². The van der Waals surface area contributed by atoms with Crippen LogP contribution in [0.5, 0.6) is 0 Å². The van der Waals surface area contributed by atoms with E-state index in [1.165, 1.54) is 0 Å². The Balaban J connectivity index is 1.63. The molecule has 160 valence electrons. The topological polar surface area (TPSA) is 66.5 Å². The second-order valence-electron chi connectivity index (χ2n) is 7.78. The van der Waals surface area contributed by atoms with Crippen molar-refractivity contribution in [2.45, 2.75) is 31.6 Å². The van der Waals surface area contributed by atoms with Gasteiger partial charge in [-0.25, -0.2) is 8.42 Å². The van der Waals surface area contributed by atoms with Gasteiger partial charge >= 0.3 is 0 Å². The summed E-state index contributed by atoms with van der Waals surface area (Å²) < 4.78 is 28.6. The van der Waals surface area contributed by atoms with Gasteiger partial charge in [-0.1, -0.05) is 29.3 Å². The Kier molecular flexibility index (Phi) is 5.77. The van der Waals surface area contributed by atoms with Crippen molar-refractivity contribution in [1.29, 1.82) is 0 Å². The van der Waals surface area contributed by atoms with E-state index < -0.39 is 10.0 Å². The maximum Gasteiger partial charge on any atom is 0.261 e. The first-order valence-electron chi connectivity index (χ1n) is 10.0. The molecule has 0 spiro atoms. The van der Waals surface area contributed by atoms with Crippen LogP contribution in [0.1, 0.15) is 33.5 Å². The number of hydrogen-bond acceptors (Lipinski definition) is 3. The quantitative estimate of drug-likeness (QED) is 0.577. The van der Waals surface area contributed by atoms with Crippen molar-refractivity contribution >= 4 is 38.9 Å². The van der Waals surface area contributed by atoms with Crippen LogP contribution in [-0.2, 0) is 16.4 Å². The van der Waals surface area contributed by atoms with Crippen LogP contribution in [-0.4, -0.2) is 20.9 Å². The molecule has 0 saturated heterocycles. The lowest BCUT2D eigenvalue weighted by Crippen LogP contribution is -2.35. The SMILES string of the molecule is Cc1ccc(C(=O)N2CCCc3cc(S(=O)(=O)Nc4ccc(Cl)cc4C)ccc32)cc1. The van der Waals surface area contributed by atoms with Crippen molar-refractivity contribution in [1.82, 2.24) is 0 Å². The third-order valence-electron chi connectivity index (χ3n) is 5.46. The molecule has 0 radical (unpaired) electrons. The molecule has 1 heterocycles. The van der Waals surface area contributed by atoms with Gasteiger partial charge in [0.1, 0.15) is 0 Å². The van der Waals surface area contributed by atoms with Crippen molar-refractivity contribution in [3.05, 3.63) is 87.9 Å². The van der Waals surface area contributed by atoms with Crippen molar-refractivity contribution in [2.75, 3.05) is 16.2 Å². The highest BCUT2D eigenvalue weighted by Gasteiger charge is 2.26. The van der Waals surface area contributed by atoms with Gasteiger partial charge in [0.2, 0.25) is 0 Å². The summed E-state index contributed by atoms with van der Waals surface area (Å²) in [5.41, 5.74) is 4.55. The van der Waals surface area contributed by atoms with Gasteiger partial charge in [-0.2, -0.15) is 0 Å². The Labute approximate surface area is 187 Å². The summed E-state index contributed by atoms with van der Waals surface area (Å²) in [4.78, 5) is 15.0. The summed E-state index contributed by atoms with van der Waals surface area (Å²) in [7, 11) is -3.77. The van der Waals surface area contributed by atoms with E-state index in [2.05, 4.69) is 4.72 Å². The molecule has 0 fully saturated rings. The van der Waals surface area contributed by atoms with Gasteiger partial charge in [0.05, 0.1) is 10.6 Å². The van der Waals surface area contributed by atoms with Crippen molar-refractivity contribution in [3.63, 3.8) is 0 Å². The number of halogens is 1. The Bertz CT molecular complexity index is 1250. The van der Waals surface area contributed by atoms with Gasteiger partial charge in [-0.05, 0) is 86.3 Å². The van der Waals surface area contributed by atoms with Gasteiger partial charge in [-0.15, -0.1) is 0 Å². The van der Waals surface area contributed by atoms with Gasteiger partial charge < -0.3 is 4.90 Å². The van der Waals surface area contributed by atoms with Crippen LogP contribution in [0, 0.1) is 13.8 Å². The summed E-state index contributed by atoms with van der Waals surface area (Å²) >= 11 is 5.97. The van der Waals surface area contributed by atoms with E-state index in [1.54, 1.807) is 48.2 Å². The average Bonchev–Trinajstić information content (AvgIpc) is 2.75. The molecule has 3 aromatic rings. The lowest BCUT2D eigenvalue weighted by molar-refractivity contribution is 0.0985. The number of hydrogen-bond donors (Lipinski definition) is 1. The third-order valence-corrected chi connectivity index (χ3v) is 7.05. The maximum atomic E-state index is 13.0. The normalized spacial score (nSPS) is 13.6. The second kappa shape index (κ2) is 8.36. The highest BCUT2D eigenvalue weighted by atomic mass is 35.5. The molecule has 1 aliphatic heterocycles. The number of amides is 1. The highest BCUT2D eigenvalue weighted by molar-refractivity contribution is 7.92. The fourth-order valence-corrected chi connectivity index (χ4v) is 5.16. The zero-order chi connectivity index (χ0) is 22.2. The Morgan fingerprint density at radius 1 is 1.00 bits per heavy atom. The van der Waals surface area contributed by atoms with E-state index in [-0.39, 0.29) is 10.8 Å². The molecule has 0 unspecified atom stereocenters. The Morgan fingerprint density at radius 3 is 2.45 bits per heavy atom. The second-order valence-corrected chi connectivity index (χ2v) is 9.90. The van der Waals surface area contributed by atoms with Crippen LogP contribution in [0.15, 0.2) is 65.6 Å². The zero-order valence-corrected chi connectivity index (χ0v) is 18.9. The van der Waals surface area contributed by atoms with Crippen molar-refractivity contribution in [3.8, 4) is 0 Å². The number of benzene rings is 3. The number of carbonyl (C=O) groups excluding carboxylic acids is 1. The predicted octanol–water partition coefficient (Wildman–Crippen LogP) is 5.35. The Hall–Kier alpha value is -2.83. The fourth-order valence-electron chi connectivity index (χ4n) is 3.75. The van der Waals surface area contributed by atoms with Gasteiger partial charge in [-0.3, -0.25) is 9.52 Å². The molecule has 0 aliphatic carbocycles. The number of anilines is 2. The summed E-state index contributed by atoms with van der Waals surface area (Å²) in [6, 6.07) is 17.4. The van der Waals surface area contributed by atoms with E-state index in [4.69, 9.17) is 11.6 Å². The number of sulfonamides is 1. The zero-order valence-electron chi connectivity index (χ0n) is 17.4. The minimum absolute atomic E-state index is 0.0773. The summed E-state index contributed by atoms with van der Waals surface area (Å²) in [6.45, 7) is 4.38. The van der Waals surface area contributed by atoms with Gasteiger partial charge in [0, 0.05) is 22.8 Å². The number of aryl methyl sites for hydroxylation is 3. The van der Waals surface area contributed by atoms with E-state index in [0.717, 1.165) is 35.2 Å². The summed E-state index contributed by atoms with van der Waals surface area (Å²) in [5, 5.41) is 0.549. The maximum absolute atomic E-state index is 13.0. The van der Waals surface area contributed by atoms with Crippen molar-refractivity contribution in [2.24, 2.45) is 0 Å². The number of nitrogens with one attached hydrogen (secondary N) is 1. The first kappa shape index (κ1) is 21.4. The van der Waals surface area contributed by atoms with E-state index in [1.807, 2.05) is 31.2 Å². The number of carbonyl (C=O) groups is 1. The molecule has 5 nitrogen and oxygen atoms in total. The Morgan fingerprint density at radius 2 is 1.74 bits per heavy atom. The minimum atomic E-state index is -3.77. The van der Waals surface area contributed by atoms with Gasteiger partial charge in [0.15, 0.2) is 0 Å². The largest absolute Gasteiger partial charge is 0.308 e. The summed E-state index contributed by atoms with van der Waals surface area (Å²) in [6.07, 6.45) is 1.49. The molecule has 0 saturated carbocycles.